The van der Waals surface area contributed by atoms with E-state index in [-0.39, 0.29) is 5.91 Å². The van der Waals surface area contributed by atoms with E-state index in [9.17, 15) is 4.79 Å². The number of carbonyl (C=O) groups excluding carboxylic acids is 1. The summed E-state index contributed by atoms with van der Waals surface area (Å²) in [4.78, 5) is 21.9. The molecule has 0 saturated heterocycles. The Labute approximate surface area is 186 Å². The van der Waals surface area contributed by atoms with Gasteiger partial charge in [0.15, 0.2) is 0 Å². The van der Waals surface area contributed by atoms with Crippen LogP contribution in [0.4, 0.5) is 5.69 Å². The summed E-state index contributed by atoms with van der Waals surface area (Å²) < 4.78 is 2.32. The van der Waals surface area contributed by atoms with Crippen molar-refractivity contribution in [3.63, 3.8) is 0 Å². The second kappa shape index (κ2) is 8.55. The lowest BCUT2D eigenvalue weighted by atomic mass is 10.2. The maximum atomic E-state index is 12.6. The number of carbonyl (C=O) groups is 1. The molecular formula is C23H17N3OS3. The minimum atomic E-state index is -0.0188. The molecule has 30 heavy (non-hydrogen) atoms. The molecule has 0 aliphatic rings. The predicted molar refractivity (Wildman–Crippen MR) is 129 cm³/mol. The van der Waals surface area contributed by atoms with Gasteiger partial charge in [0.05, 0.1) is 31.9 Å². The average molecular weight is 448 g/mol. The molecule has 0 aliphatic carbocycles. The summed E-state index contributed by atoms with van der Waals surface area (Å²) in [5.41, 5.74) is 3.74. The van der Waals surface area contributed by atoms with Gasteiger partial charge in [-0.3, -0.25) is 4.79 Å². The van der Waals surface area contributed by atoms with Crippen molar-refractivity contribution < 1.29 is 4.79 Å². The monoisotopic (exact) mass is 447 g/mol. The zero-order valence-electron chi connectivity index (χ0n) is 15.9. The highest BCUT2D eigenvalue weighted by Gasteiger charge is 2.13. The Morgan fingerprint density at radius 1 is 0.833 bits per heavy atom. The number of rotatable bonds is 6. The van der Waals surface area contributed by atoms with Crippen molar-refractivity contribution in [2.75, 3.05) is 11.1 Å². The molecular weight excluding hydrogens is 430 g/mol. The van der Waals surface area contributed by atoms with Crippen molar-refractivity contribution in [2.24, 2.45) is 0 Å². The summed E-state index contributed by atoms with van der Waals surface area (Å²) >= 11 is 4.90. The van der Waals surface area contributed by atoms with Gasteiger partial charge >= 0.3 is 0 Å². The molecule has 1 amide bonds. The van der Waals surface area contributed by atoms with E-state index < -0.39 is 0 Å². The number of aromatic nitrogens is 2. The lowest BCUT2D eigenvalue weighted by Gasteiger charge is -2.09. The quantitative estimate of drug-likeness (QED) is 0.325. The molecule has 2 aromatic heterocycles. The maximum absolute atomic E-state index is 12.6. The fourth-order valence-electron chi connectivity index (χ4n) is 3.17. The van der Waals surface area contributed by atoms with Crippen molar-refractivity contribution in [3.8, 4) is 10.6 Å². The van der Waals surface area contributed by atoms with E-state index in [0.29, 0.717) is 5.75 Å². The van der Waals surface area contributed by atoms with Crippen LogP contribution in [-0.4, -0.2) is 21.6 Å². The van der Waals surface area contributed by atoms with Crippen LogP contribution < -0.4 is 5.32 Å². The second-order valence-electron chi connectivity index (χ2n) is 6.65. The zero-order chi connectivity index (χ0) is 20.3. The zero-order valence-corrected chi connectivity index (χ0v) is 18.3. The van der Waals surface area contributed by atoms with Gasteiger partial charge in [0, 0.05) is 11.3 Å². The van der Waals surface area contributed by atoms with E-state index in [4.69, 9.17) is 4.98 Å². The number of thiazole rings is 2. The van der Waals surface area contributed by atoms with E-state index in [1.165, 1.54) is 4.70 Å². The molecule has 0 atom stereocenters. The number of para-hydroxylation sites is 3. The Morgan fingerprint density at radius 2 is 1.50 bits per heavy atom. The third kappa shape index (κ3) is 4.09. The van der Waals surface area contributed by atoms with Crippen molar-refractivity contribution in [3.05, 3.63) is 77.8 Å². The van der Waals surface area contributed by atoms with Gasteiger partial charge in [-0.1, -0.05) is 36.4 Å². The van der Waals surface area contributed by atoms with Gasteiger partial charge in [0.1, 0.15) is 10.0 Å². The summed E-state index contributed by atoms with van der Waals surface area (Å²) in [6.45, 7) is 0. The molecule has 7 heteroatoms. The third-order valence-corrected chi connectivity index (χ3v) is 7.75. The number of anilines is 1. The van der Waals surface area contributed by atoms with Crippen molar-refractivity contribution >= 4 is 66.5 Å². The molecule has 0 unspecified atom stereocenters. The molecule has 0 spiro atoms. The maximum Gasteiger partial charge on any atom is 0.234 e. The number of thioether (sulfide) groups is 1. The number of nitrogens with one attached hydrogen (secondary N) is 1. The Kier molecular flexibility index (Phi) is 5.48. The Balaban J connectivity index is 1.26. The van der Waals surface area contributed by atoms with Crippen LogP contribution in [0, 0.1) is 0 Å². The first-order valence-electron chi connectivity index (χ1n) is 9.43. The van der Waals surface area contributed by atoms with Crippen molar-refractivity contribution in [1.82, 2.24) is 9.97 Å². The SMILES string of the molecule is O=C(CSCc1nc2ccccc2s1)Nc1ccccc1-c1nc2ccccc2s1. The van der Waals surface area contributed by atoms with Gasteiger partial charge in [0.2, 0.25) is 5.91 Å². The van der Waals surface area contributed by atoms with Crippen molar-refractivity contribution in [2.45, 2.75) is 5.75 Å². The Bertz CT molecular complexity index is 1280. The molecule has 148 valence electrons. The van der Waals surface area contributed by atoms with E-state index in [0.717, 1.165) is 42.8 Å². The van der Waals surface area contributed by atoms with Crippen LogP contribution >= 0.6 is 34.4 Å². The summed E-state index contributed by atoms with van der Waals surface area (Å²) in [6.07, 6.45) is 0. The molecule has 0 bridgehead atoms. The van der Waals surface area contributed by atoms with Crippen LogP contribution in [0.25, 0.3) is 31.0 Å². The largest absolute Gasteiger partial charge is 0.325 e. The first-order valence-corrected chi connectivity index (χ1v) is 12.2. The van der Waals surface area contributed by atoms with Crippen LogP contribution in [0.2, 0.25) is 0 Å². The number of benzene rings is 3. The van der Waals surface area contributed by atoms with Crippen LogP contribution in [0.15, 0.2) is 72.8 Å². The van der Waals surface area contributed by atoms with E-state index in [1.54, 1.807) is 34.4 Å². The lowest BCUT2D eigenvalue weighted by Crippen LogP contribution is -2.14. The molecule has 0 radical (unpaired) electrons. The van der Waals surface area contributed by atoms with Crippen LogP contribution in [0.5, 0.6) is 0 Å². The highest BCUT2D eigenvalue weighted by molar-refractivity contribution is 7.99. The molecule has 4 nitrogen and oxygen atoms in total. The summed E-state index contributed by atoms with van der Waals surface area (Å²) in [7, 11) is 0. The number of fused-ring (bicyclic) bond motifs is 2. The standard InChI is InChI=1S/C23H17N3OS3/c27-21(13-28-14-22-25-17-9-3-5-11-19(17)29-22)24-16-8-2-1-7-15(16)23-26-18-10-4-6-12-20(18)30-23/h1-12H,13-14H2,(H,24,27). The van der Waals surface area contributed by atoms with Gasteiger partial charge in [-0.2, -0.15) is 0 Å². The number of amides is 1. The summed E-state index contributed by atoms with van der Waals surface area (Å²) in [6, 6.07) is 24.0. The number of nitrogens with zero attached hydrogens (tertiary/aromatic N) is 2. The van der Waals surface area contributed by atoms with Gasteiger partial charge < -0.3 is 5.32 Å². The third-order valence-electron chi connectivity index (χ3n) is 4.52. The smallest absolute Gasteiger partial charge is 0.234 e. The lowest BCUT2D eigenvalue weighted by molar-refractivity contribution is -0.113. The fourth-order valence-corrected chi connectivity index (χ4v) is 6.02. The molecule has 2 heterocycles. The molecule has 5 rings (SSSR count). The van der Waals surface area contributed by atoms with E-state index in [2.05, 4.69) is 22.4 Å². The van der Waals surface area contributed by atoms with Crippen LogP contribution in [0.3, 0.4) is 0 Å². The molecule has 0 saturated carbocycles. The summed E-state index contributed by atoms with van der Waals surface area (Å²) in [5.74, 6) is 1.09. The van der Waals surface area contributed by atoms with Gasteiger partial charge in [-0.15, -0.1) is 34.4 Å². The molecule has 3 aromatic carbocycles. The molecule has 0 fully saturated rings. The Morgan fingerprint density at radius 3 is 2.27 bits per heavy atom. The highest BCUT2D eigenvalue weighted by atomic mass is 32.2. The van der Waals surface area contributed by atoms with Gasteiger partial charge in [-0.05, 0) is 36.4 Å². The van der Waals surface area contributed by atoms with Gasteiger partial charge in [0.25, 0.3) is 0 Å². The highest BCUT2D eigenvalue weighted by Crippen LogP contribution is 2.34. The topological polar surface area (TPSA) is 54.9 Å². The predicted octanol–water partition coefficient (Wildman–Crippen LogP) is 6.44. The second-order valence-corrected chi connectivity index (χ2v) is 9.78. The minimum Gasteiger partial charge on any atom is -0.325 e. The van der Waals surface area contributed by atoms with Gasteiger partial charge in [-0.25, -0.2) is 9.97 Å². The van der Waals surface area contributed by atoms with Crippen LogP contribution in [0.1, 0.15) is 5.01 Å². The summed E-state index contributed by atoms with van der Waals surface area (Å²) in [5, 5.41) is 5.01. The molecule has 5 aromatic rings. The van der Waals surface area contributed by atoms with Crippen LogP contribution in [-0.2, 0) is 10.5 Å². The minimum absolute atomic E-state index is 0.0188. The first kappa shape index (κ1) is 19.2. The number of hydrogen-bond acceptors (Lipinski definition) is 6. The Hall–Kier alpha value is -2.74. The molecule has 1 N–H and O–H groups in total. The van der Waals surface area contributed by atoms with Crippen molar-refractivity contribution in [1.29, 1.82) is 0 Å². The fraction of sp³-hybridized carbons (Fsp3) is 0.0870. The van der Waals surface area contributed by atoms with E-state index in [1.807, 2.05) is 60.7 Å². The molecule has 0 aliphatic heterocycles. The normalized spacial score (nSPS) is 11.2. The average Bonchev–Trinajstić information content (AvgIpc) is 3.37. The first-order chi connectivity index (χ1) is 14.8. The van der Waals surface area contributed by atoms with E-state index >= 15 is 0 Å². The number of hydrogen-bond donors (Lipinski definition) is 1.